The second kappa shape index (κ2) is 4.78. The van der Waals surface area contributed by atoms with Crippen LogP contribution in [-0.4, -0.2) is 25.2 Å². The number of hydrogen-bond donors (Lipinski definition) is 1. The maximum Gasteiger partial charge on any atom is 0.0450 e. The highest BCUT2D eigenvalue weighted by atomic mass is 15.2. The zero-order valence-corrected chi connectivity index (χ0v) is 12.0. The molecule has 1 N–H and O–H groups in total. The van der Waals surface area contributed by atoms with Crippen LogP contribution in [0.4, 0.5) is 5.69 Å². The summed E-state index contributed by atoms with van der Waals surface area (Å²) < 4.78 is 0. The molecular formula is C18H22N2. The minimum absolute atomic E-state index is 0.707. The lowest BCUT2D eigenvalue weighted by Gasteiger charge is -2.41. The maximum atomic E-state index is 3.49. The van der Waals surface area contributed by atoms with E-state index in [1.807, 2.05) is 0 Å². The highest BCUT2D eigenvalue weighted by Gasteiger charge is 2.40. The Morgan fingerprint density at radius 2 is 1.65 bits per heavy atom. The van der Waals surface area contributed by atoms with Gasteiger partial charge in [-0.15, -0.1) is 0 Å². The molecule has 2 aliphatic rings. The molecule has 0 aromatic heterocycles. The van der Waals surface area contributed by atoms with Crippen LogP contribution in [0.3, 0.4) is 0 Å². The van der Waals surface area contributed by atoms with E-state index in [4.69, 9.17) is 0 Å². The van der Waals surface area contributed by atoms with E-state index in [0.717, 1.165) is 12.1 Å². The fraction of sp³-hybridized carbons (Fsp3) is 0.444. The summed E-state index contributed by atoms with van der Waals surface area (Å²) in [6.07, 6.45) is 5.28. The van der Waals surface area contributed by atoms with Gasteiger partial charge < -0.3 is 10.2 Å². The Bertz CT molecular complexity index is 602. The molecule has 2 bridgehead atoms. The zero-order valence-electron chi connectivity index (χ0n) is 12.0. The van der Waals surface area contributed by atoms with Gasteiger partial charge in [0.05, 0.1) is 0 Å². The highest BCUT2D eigenvalue weighted by molar-refractivity contribution is 5.94. The third kappa shape index (κ3) is 1.82. The van der Waals surface area contributed by atoms with Gasteiger partial charge >= 0.3 is 0 Å². The summed E-state index contributed by atoms with van der Waals surface area (Å²) in [4.78, 5) is 2.72. The van der Waals surface area contributed by atoms with Crippen LogP contribution in [-0.2, 0) is 0 Å². The summed E-state index contributed by atoms with van der Waals surface area (Å²) in [5.41, 5.74) is 1.45. The fourth-order valence-electron chi connectivity index (χ4n) is 4.24. The van der Waals surface area contributed by atoms with Crippen molar-refractivity contribution in [2.75, 3.05) is 11.9 Å². The van der Waals surface area contributed by atoms with Crippen molar-refractivity contribution in [1.82, 2.24) is 5.32 Å². The average Bonchev–Trinajstić information content (AvgIpc) is 2.76. The summed E-state index contributed by atoms with van der Waals surface area (Å²) in [5.74, 6) is 0. The lowest BCUT2D eigenvalue weighted by molar-refractivity contribution is 0.374. The van der Waals surface area contributed by atoms with Crippen LogP contribution >= 0.6 is 0 Å². The van der Waals surface area contributed by atoms with Crippen molar-refractivity contribution in [3.05, 3.63) is 42.5 Å². The third-order valence-electron chi connectivity index (χ3n) is 5.19. The summed E-state index contributed by atoms with van der Waals surface area (Å²) in [5, 5.41) is 6.26. The minimum atomic E-state index is 0.707. The Morgan fingerprint density at radius 3 is 2.40 bits per heavy atom. The van der Waals surface area contributed by atoms with Crippen molar-refractivity contribution in [3.8, 4) is 0 Å². The lowest BCUT2D eigenvalue weighted by Crippen LogP contribution is -2.48. The van der Waals surface area contributed by atoms with E-state index in [0.29, 0.717) is 6.04 Å². The van der Waals surface area contributed by atoms with Crippen molar-refractivity contribution >= 4 is 16.5 Å². The molecule has 2 aromatic rings. The molecule has 2 heteroatoms. The second-order valence-electron chi connectivity index (χ2n) is 6.25. The molecule has 2 aromatic carbocycles. The summed E-state index contributed by atoms with van der Waals surface area (Å²) in [7, 11) is 2.11. The van der Waals surface area contributed by atoms with Gasteiger partial charge in [0.1, 0.15) is 0 Å². The van der Waals surface area contributed by atoms with E-state index in [9.17, 15) is 0 Å². The van der Waals surface area contributed by atoms with Gasteiger partial charge in [-0.25, -0.2) is 0 Å². The summed E-state index contributed by atoms with van der Waals surface area (Å²) >= 11 is 0. The topological polar surface area (TPSA) is 15.3 Å². The van der Waals surface area contributed by atoms with Crippen LogP contribution in [0.25, 0.3) is 10.8 Å². The number of hydrogen-bond acceptors (Lipinski definition) is 2. The standard InChI is InChI=1S/C18H22N2/c1-19-14-11-15-9-10-16(12-14)20(15)18-8-4-6-13-5-2-3-7-17(13)18/h2-8,14-16,19H,9-12H2,1H3. The molecule has 2 unspecified atom stereocenters. The molecule has 0 radical (unpaired) electrons. The van der Waals surface area contributed by atoms with E-state index in [1.54, 1.807) is 0 Å². The smallest absolute Gasteiger partial charge is 0.0450 e. The summed E-state index contributed by atoms with van der Waals surface area (Å²) in [6.45, 7) is 0. The second-order valence-corrected chi connectivity index (χ2v) is 6.25. The van der Waals surface area contributed by atoms with Crippen LogP contribution in [0.2, 0.25) is 0 Å². The van der Waals surface area contributed by atoms with E-state index < -0.39 is 0 Å². The predicted octanol–water partition coefficient (Wildman–Crippen LogP) is 3.56. The molecule has 4 rings (SSSR count). The first-order chi connectivity index (χ1) is 9.86. The van der Waals surface area contributed by atoms with Gasteiger partial charge in [0.25, 0.3) is 0 Å². The number of nitrogens with one attached hydrogen (secondary N) is 1. The first-order valence-corrected chi connectivity index (χ1v) is 7.80. The molecule has 0 aliphatic carbocycles. The van der Waals surface area contributed by atoms with Crippen LogP contribution < -0.4 is 10.2 Å². The quantitative estimate of drug-likeness (QED) is 0.894. The molecule has 2 heterocycles. The van der Waals surface area contributed by atoms with Gasteiger partial charge in [-0.3, -0.25) is 0 Å². The molecule has 20 heavy (non-hydrogen) atoms. The molecule has 2 fully saturated rings. The Morgan fingerprint density at radius 1 is 0.950 bits per heavy atom. The predicted molar refractivity (Wildman–Crippen MR) is 85.3 cm³/mol. The van der Waals surface area contributed by atoms with E-state index in [1.165, 1.54) is 42.1 Å². The number of anilines is 1. The zero-order chi connectivity index (χ0) is 13.5. The first kappa shape index (κ1) is 12.2. The van der Waals surface area contributed by atoms with Gasteiger partial charge in [-0.2, -0.15) is 0 Å². The molecule has 0 amide bonds. The highest BCUT2D eigenvalue weighted by Crippen LogP contribution is 2.41. The van der Waals surface area contributed by atoms with Crippen LogP contribution in [0.15, 0.2) is 42.5 Å². The van der Waals surface area contributed by atoms with Gasteiger partial charge in [0, 0.05) is 29.2 Å². The number of rotatable bonds is 2. The van der Waals surface area contributed by atoms with E-state index in [-0.39, 0.29) is 0 Å². The SMILES string of the molecule is CNC1CC2CCC(C1)N2c1cccc2ccccc12. The number of nitrogens with zero attached hydrogens (tertiary/aromatic N) is 1. The Balaban J connectivity index is 1.77. The summed E-state index contributed by atoms with van der Waals surface area (Å²) in [6, 6.07) is 17.7. The van der Waals surface area contributed by atoms with Crippen LogP contribution in [0, 0.1) is 0 Å². The Hall–Kier alpha value is -1.54. The monoisotopic (exact) mass is 266 g/mol. The Labute approximate surface area is 120 Å². The largest absolute Gasteiger partial charge is 0.365 e. The normalized spacial score (nSPS) is 29.1. The van der Waals surface area contributed by atoms with E-state index >= 15 is 0 Å². The fourth-order valence-corrected chi connectivity index (χ4v) is 4.24. The van der Waals surface area contributed by atoms with Crippen molar-refractivity contribution in [2.45, 2.75) is 43.8 Å². The third-order valence-corrected chi connectivity index (χ3v) is 5.19. The maximum absolute atomic E-state index is 3.49. The van der Waals surface area contributed by atoms with Crippen LogP contribution in [0.5, 0.6) is 0 Å². The van der Waals surface area contributed by atoms with Crippen molar-refractivity contribution < 1.29 is 0 Å². The molecule has 2 saturated heterocycles. The van der Waals surface area contributed by atoms with Gasteiger partial charge in [0.15, 0.2) is 0 Å². The molecule has 2 aliphatic heterocycles. The molecule has 0 saturated carbocycles. The molecule has 2 atom stereocenters. The molecule has 104 valence electrons. The molecule has 2 nitrogen and oxygen atoms in total. The number of piperidine rings is 1. The Kier molecular flexibility index (Phi) is 2.92. The van der Waals surface area contributed by atoms with Crippen molar-refractivity contribution in [2.24, 2.45) is 0 Å². The molecular weight excluding hydrogens is 244 g/mol. The van der Waals surface area contributed by atoms with Crippen molar-refractivity contribution in [1.29, 1.82) is 0 Å². The minimum Gasteiger partial charge on any atom is -0.365 e. The van der Waals surface area contributed by atoms with Gasteiger partial charge in [-0.05, 0) is 44.2 Å². The molecule has 0 spiro atoms. The van der Waals surface area contributed by atoms with Gasteiger partial charge in [0.2, 0.25) is 0 Å². The van der Waals surface area contributed by atoms with Crippen LogP contribution in [0.1, 0.15) is 25.7 Å². The van der Waals surface area contributed by atoms with Crippen molar-refractivity contribution in [3.63, 3.8) is 0 Å². The lowest BCUT2D eigenvalue weighted by atomic mass is 9.95. The number of fused-ring (bicyclic) bond motifs is 3. The van der Waals surface area contributed by atoms with E-state index in [2.05, 4.69) is 59.7 Å². The number of benzene rings is 2. The average molecular weight is 266 g/mol. The first-order valence-electron chi connectivity index (χ1n) is 7.80. The van der Waals surface area contributed by atoms with Gasteiger partial charge in [-0.1, -0.05) is 36.4 Å².